The average molecular weight is 407 g/mol. The highest BCUT2D eigenvalue weighted by atomic mass is 35.5. The molecule has 2 aromatic heterocycles. The normalized spacial score (nSPS) is 10.5. The van der Waals surface area contributed by atoms with E-state index in [9.17, 15) is 9.59 Å². The van der Waals surface area contributed by atoms with Gasteiger partial charge in [0.25, 0.3) is 5.91 Å². The van der Waals surface area contributed by atoms with E-state index in [-0.39, 0.29) is 11.8 Å². The van der Waals surface area contributed by atoms with Crippen molar-refractivity contribution in [3.8, 4) is 0 Å². The first-order chi connectivity index (χ1) is 12.6. The van der Waals surface area contributed by atoms with E-state index in [0.29, 0.717) is 35.1 Å². The van der Waals surface area contributed by atoms with E-state index in [1.807, 2.05) is 17.5 Å². The summed E-state index contributed by atoms with van der Waals surface area (Å²) in [6.07, 6.45) is 0.842. The number of carbonyl (C=O) groups excluding carboxylic acids is 2. The molecule has 0 aliphatic rings. The maximum atomic E-state index is 12.1. The number of rotatable bonds is 7. The molecule has 0 radical (unpaired) electrons. The van der Waals surface area contributed by atoms with Crippen LogP contribution in [0.5, 0.6) is 0 Å². The van der Waals surface area contributed by atoms with Crippen molar-refractivity contribution >= 4 is 51.2 Å². The molecule has 2 amide bonds. The molecule has 2 N–H and O–H groups in total. The molecular formula is C17H15ClN4O2S2. The van der Waals surface area contributed by atoms with Crippen molar-refractivity contribution in [3.05, 3.63) is 62.2 Å². The third-order valence-electron chi connectivity index (χ3n) is 3.37. The first-order valence-electron chi connectivity index (χ1n) is 7.79. The fourth-order valence-electron chi connectivity index (χ4n) is 2.16. The quantitative estimate of drug-likeness (QED) is 0.629. The van der Waals surface area contributed by atoms with Gasteiger partial charge in [-0.05, 0) is 23.6 Å². The van der Waals surface area contributed by atoms with E-state index in [1.54, 1.807) is 24.3 Å². The zero-order valence-corrected chi connectivity index (χ0v) is 16.0. The van der Waals surface area contributed by atoms with Gasteiger partial charge in [0.2, 0.25) is 11.0 Å². The lowest BCUT2D eigenvalue weighted by atomic mass is 10.2. The molecule has 3 aromatic rings. The summed E-state index contributed by atoms with van der Waals surface area (Å²) in [5.74, 6) is -0.355. The summed E-state index contributed by atoms with van der Waals surface area (Å²) in [6, 6.07) is 10.7. The van der Waals surface area contributed by atoms with Gasteiger partial charge in [-0.25, -0.2) is 0 Å². The molecular weight excluding hydrogens is 392 g/mol. The minimum Gasteiger partial charge on any atom is -0.352 e. The van der Waals surface area contributed by atoms with E-state index in [4.69, 9.17) is 11.6 Å². The number of aromatic nitrogens is 2. The Hall–Kier alpha value is -2.29. The number of benzene rings is 1. The maximum Gasteiger partial charge on any atom is 0.252 e. The number of nitrogens with zero attached hydrogens (tertiary/aromatic N) is 2. The van der Waals surface area contributed by atoms with Crippen molar-refractivity contribution in [2.75, 3.05) is 11.9 Å². The molecule has 0 aliphatic heterocycles. The van der Waals surface area contributed by atoms with Gasteiger partial charge in [-0.15, -0.1) is 21.5 Å². The summed E-state index contributed by atoms with van der Waals surface area (Å²) >= 11 is 8.83. The van der Waals surface area contributed by atoms with Crippen LogP contribution in [-0.2, 0) is 17.6 Å². The molecule has 0 spiro atoms. The molecule has 0 aliphatic carbocycles. The monoisotopic (exact) mass is 406 g/mol. The highest BCUT2D eigenvalue weighted by Gasteiger charge is 2.11. The van der Waals surface area contributed by atoms with Gasteiger partial charge in [0.1, 0.15) is 5.01 Å². The van der Waals surface area contributed by atoms with Gasteiger partial charge in [0.05, 0.1) is 17.0 Å². The van der Waals surface area contributed by atoms with Crippen molar-refractivity contribution < 1.29 is 9.59 Å². The Morgan fingerprint density at radius 3 is 2.73 bits per heavy atom. The summed E-state index contributed by atoms with van der Waals surface area (Å²) in [5.41, 5.74) is 0.438. The molecule has 134 valence electrons. The van der Waals surface area contributed by atoms with Crippen molar-refractivity contribution in [2.24, 2.45) is 0 Å². The Morgan fingerprint density at radius 1 is 1.12 bits per heavy atom. The predicted octanol–water partition coefficient (Wildman–Crippen LogP) is 3.41. The van der Waals surface area contributed by atoms with Crippen molar-refractivity contribution in [1.82, 2.24) is 15.5 Å². The highest BCUT2D eigenvalue weighted by Crippen LogP contribution is 2.17. The number of carbonyl (C=O) groups is 2. The zero-order chi connectivity index (χ0) is 18.4. The predicted molar refractivity (Wildman–Crippen MR) is 104 cm³/mol. The van der Waals surface area contributed by atoms with Crippen LogP contribution in [0.25, 0.3) is 0 Å². The summed E-state index contributed by atoms with van der Waals surface area (Å²) in [7, 11) is 0. The van der Waals surface area contributed by atoms with Crippen LogP contribution in [-0.4, -0.2) is 28.6 Å². The largest absolute Gasteiger partial charge is 0.352 e. The summed E-state index contributed by atoms with van der Waals surface area (Å²) < 4.78 is 0. The van der Waals surface area contributed by atoms with Crippen LogP contribution in [0.4, 0.5) is 5.13 Å². The van der Waals surface area contributed by atoms with Gasteiger partial charge in [0.15, 0.2) is 0 Å². The lowest BCUT2D eigenvalue weighted by molar-refractivity contribution is -0.115. The average Bonchev–Trinajstić information content (AvgIpc) is 3.27. The van der Waals surface area contributed by atoms with Crippen LogP contribution in [0.1, 0.15) is 20.2 Å². The molecule has 2 heterocycles. The SMILES string of the molecule is O=C(Cc1cccs1)Nc1nnc(CCNC(=O)c2ccccc2Cl)s1. The standard InChI is InChI=1S/C17H15ClN4O2S2/c18-13-6-2-1-5-12(13)16(24)19-8-7-15-21-22-17(26-15)20-14(23)10-11-4-3-9-25-11/h1-6,9H,7-8,10H2,(H,19,24)(H,20,22,23). The van der Waals surface area contributed by atoms with Gasteiger partial charge in [-0.2, -0.15) is 0 Å². The second kappa shape index (κ2) is 8.88. The molecule has 0 bridgehead atoms. The van der Waals surface area contributed by atoms with Crippen LogP contribution >= 0.6 is 34.3 Å². The molecule has 0 unspecified atom stereocenters. The number of hydrogen-bond donors (Lipinski definition) is 2. The fourth-order valence-corrected chi connectivity index (χ4v) is 3.84. The van der Waals surface area contributed by atoms with E-state index in [1.165, 1.54) is 22.7 Å². The molecule has 9 heteroatoms. The lowest BCUT2D eigenvalue weighted by Gasteiger charge is -2.05. The third-order valence-corrected chi connectivity index (χ3v) is 5.48. The number of nitrogens with one attached hydrogen (secondary N) is 2. The van der Waals surface area contributed by atoms with E-state index in [2.05, 4.69) is 20.8 Å². The van der Waals surface area contributed by atoms with Crippen LogP contribution in [0.15, 0.2) is 41.8 Å². The summed E-state index contributed by atoms with van der Waals surface area (Å²) in [6.45, 7) is 0.405. The first kappa shape index (κ1) is 18.5. The smallest absolute Gasteiger partial charge is 0.252 e. The number of halogens is 1. The molecule has 1 aromatic carbocycles. The second-order valence-electron chi connectivity index (χ2n) is 5.29. The Labute approximate surface area is 163 Å². The van der Waals surface area contributed by atoms with Gasteiger partial charge in [-0.3, -0.25) is 9.59 Å². The maximum absolute atomic E-state index is 12.1. The zero-order valence-electron chi connectivity index (χ0n) is 13.6. The Kier molecular flexibility index (Phi) is 6.32. The van der Waals surface area contributed by atoms with Crippen LogP contribution < -0.4 is 10.6 Å². The molecule has 0 saturated heterocycles. The number of hydrogen-bond acceptors (Lipinski definition) is 6. The van der Waals surface area contributed by atoms with Crippen molar-refractivity contribution in [3.63, 3.8) is 0 Å². The van der Waals surface area contributed by atoms with Crippen molar-refractivity contribution in [2.45, 2.75) is 12.8 Å². The highest BCUT2D eigenvalue weighted by molar-refractivity contribution is 7.15. The third kappa shape index (κ3) is 5.10. The number of anilines is 1. The summed E-state index contributed by atoms with van der Waals surface area (Å²) in [4.78, 5) is 25.0. The minimum absolute atomic E-state index is 0.123. The topological polar surface area (TPSA) is 84.0 Å². The Morgan fingerprint density at radius 2 is 1.96 bits per heavy atom. The van der Waals surface area contributed by atoms with E-state index < -0.39 is 0 Å². The molecule has 26 heavy (non-hydrogen) atoms. The minimum atomic E-state index is -0.232. The van der Waals surface area contributed by atoms with Crippen molar-refractivity contribution in [1.29, 1.82) is 0 Å². The van der Waals surface area contributed by atoms with Gasteiger partial charge >= 0.3 is 0 Å². The lowest BCUT2D eigenvalue weighted by Crippen LogP contribution is -2.25. The fraction of sp³-hybridized carbons (Fsp3) is 0.176. The second-order valence-corrected chi connectivity index (χ2v) is 7.79. The van der Waals surface area contributed by atoms with Crippen LogP contribution in [0.3, 0.4) is 0 Å². The molecule has 0 saturated carbocycles. The van der Waals surface area contributed by atoms with Crippen LogP contribution in [0.2, 0.25) is 5.02 Å². The molecule has 0 fully saturated rings. The number of amides is 2. The first-order valence-corrected chi connectivity index (χ1v) is 9.86. The Bertz CT molecular complexity index is 896. The van der Waals surface area contributed by atoms with Crippen LogP contribution in [0, 0.1) is 0 Å². The van der Waals surface area contributed by atoms with E-state index >= 15 is 0 Å². The number of thiophene rings is 1. The molecule has 6 nitrogen and oxygen atoms in total. The van der Waals surface area contributed by atoms with Gasteiger partial charge in [-0.1, -0.05) is 41.1 Å². The Balaban J connectivity index is 1.46. The van der Waals surface area contributed by atoms with Gasteiger partial charge < -0.3 is 10.6 Å². The summed E-state index contributed by atoms with van der Waals surface area (Å²) in [5, 5.41) is 17.1. The molecule has 3 rings (SSSR count). The van der Waals surface area contributed by atoms with E-state index in [0.717, 1.165) is 9.88 Å². The molecule has 0 atom stereocenters. The van der Waals surface area contributed by atoms with Gasteiger partial charge in [0, 0.05) is 17.8 Å².